The Morgan fingerprint density at radius 3 is 2.53 bits per heavy atom. The summed E-state index contributed by atoms with van der Waals surface area (Å²) in [4.78, 5) is 28.8. The summed E-state index contributed by atoms with van der Waals surface area (Å²) in [6.45, 7) is 0.663. The normalized spacial score (nSPS) is 18.3. The molecule has 2 aromatic rings. The minimum Gasteiger partial charge on any atom is -0.507 e. The van der Waals surface area contributed by atoms with Gasteiger partial charge in [-0.2, -0.15) is 0 Å². The number of nitrogens with zero attached hydrogens (tertiary/aromatic N) is 2. The van der Waals surface area contributed by atoms with E-state index in [1.165, 1.54) is 48.4 Å². The molecule has 2 aromatic carbocycles. The molecular formula is C22H23FN2O5. The average Bonchev–Trinajstić information content (AvgIpc) is 2.96. The van der Waals surface area contributed by atoms with Crippen LogP contribution in [0.4, 0.5) is 4.39 Å². The Morgan fingerprint density at radius 2 is 1.93 bits per heavy atom. The molecule has 0 unspecified atom stereocenters. The van der Waals surface area contributed by atoms with Gasteiger partial charge in [0.2, 0.25) is 0 Å². The third-order valence-corrected chi connectivity index (χ3v) is 4.95. The number of hydrogen-bond acceptors (Lipinski definition) is 6. The van der Waals surface area contributed by atoms with E-state index in [0.717, 1.165) is 0 Å². The van der Waals surface area contributed by atoms with Crippen molar-refractivity contribution in [1.82, 2.24) is 9.80 Å². The molecule has 0 radical (unpaired) electrons. The van der Waals surface area contributed by atoms with Gasteiger partial charge in [0.25, 0.3) is 11.7 Å². The zero-order chi connectivity index (χ0) is 22.0. The summed E-state index contributed by atoms with van der Waals surface area (Å²) in [6, 6.07) is 8.74. The number of aliphatic hydroxyl groups is 1. The number of rotatable bonds is 6. The highest BCUT2D eigenvalue weighted by molar-refractivity contribution is 6.46. The number of hydrogen-bond donors (Lipinski definition) is 2. The van der Waals surface area contributed by atoms with E-state index >= 15 is 0 Å². The highest BCUT2D eigenvalue weighted by Gasteiger charge is 2.46. The monoisotopic (exact) mass is 414 g/mol. The van der Waals surface area contributed by atoms with Crippen molar-refractivity contribution < 1.29 is 28.9 Å². The van der Waals surface area contributed by atoms with Gasteiger partial charge in [-0.1, -0.05) is 12.1 Å². The number of carbonyl (C=O) groups is 2. The van der Waals surface area contributed by atoms with Crippen LogP contribution in [0.1, 0.15) is 17.2 Å². The van der Waals surface area contributed by atoms with Gasteiger partial charge in [-0.3, -0.25) is 9.59 Å². The Bertz CT molecular complexity index is 1020. The van der Waals surface area contributed by atoms with Crippen LogP contribution in [0.25, 0.3) is 5.76 Å². The van der Waals surface area contributed by atoms with Crippen LogP contribution in [0, 0.1) is 5.82 Å². The van der Waals surface area contributed by atoms with Gasteiger partial charge in [0.15, 0.2) is 0 Å². The largest absolute Gasteiger partial charge is 0.507 e. The van der Waals surface area contributed by atoms with E-state index in [1.54, 1.807) is 6.07 Å². The fourth-order valence-corrected chi connectivity index (χ4v) is 3.43. The number of ether oxygens (including phenoxy) is 1. The SMILES string of the molecule is COc1ccc(C(O)=C2C(=O)C(=O)N(CCN(C)C)[C@@H]2c2cccc(F)c2)c(O)c1. The second-order valence-electron chi connectivity index (χ2n) is 7.23. The quantitative estimate of drug-likeness (QED) is 0.429. The third kappa shape index (κ3) is 3.99. The number of aliphatic hydroxyl groups excluding tert-OH is 1. The summed E-state index contributed by atoms with van der Waals surface area (Å²) >= 11 is 0. The number of benzene rings is 2. The first-order valence-electron chi connectivity index (χ1n) is 9.30. The number of carbonyl (C=O) groups excluding carboxylic acids is 2. The lowest BCUT2D eigenvalue weighted by molar-refractivity contribution is -0.140. The summed E-state index contributed by atoms with van der Waals surface area (Å²) in [6.07, 6.45) is 0. The fourth-order valence-electron chi connectivity index (χ4n) is 3.43. The van der Waals surface area contributed by atoms with Crippen molar-refractivity contribution in [2.45, 2.75) is 6.04 Å². The lowest BCUT2D eigenvalue weighted by atomic mass is 9.95. The van der Waals surface area contributed by atoms with E-state index < -0.39 is 29.3 Å². The highest BCUT2D eigenvalue weighted by Crippen LogP contribution is 2.41. The molecule has 3 rings (SSSR count). The van der Waals surface area contributed by atoms with Gasteiger partial charge in [0.1, 0.15) is 23.1 Å². The molecule has 7 nitrogen and oxygen atoms in total. The first-order chi connectivity index (χ1) is 14.2. The number of amides is 1. The van der Waals surface area contributed by atoms with Crippen LogP contribution in [0.2, 0.25) is 0 Å². The molecule has 1 aliphatic heterocycles. The maximum absolute atomic E-state index is 13.9. The summed E-state index contributed by atoms with van der Waals surface area (Å²) in [5.74, 6) is -2.70. The molecule has 0 spiro atoms. The number of likely N-dealkylation sites (tertiary alicyclic amines) is 1. The molecule has 0 saturated carbocycles. The van der Waals surface area contributed by atoms with Gasteiger partial charge < -0.3 is 24.7 Å². The molecule has 1 atom stereocenters. The molecule has 8 heteroatoms. The molecule has 1 heterocycles. The minimum atomic E-state index is -0.984. The zero-order valence-corrected chi connectivity index (χ0v) is 16.9. The predicted octanol–water partition coefficient (Wildman–Crippen LogP) is 2.52. The van der Waals surface area contributed by atoms with E-state index in [4.69, 9.17) is 4.74 Å². The van der Waals surface area contributed by atoms with Crippen LogP contribution in [0.3, 0.4) is 0 Å². The fraction of sp³-hybridized carbons (Fsp3) is 0.273. The molecule has 0 bridgehead atoms. The molecule has 1 aliphatic rings. The number of phenolic OH excluding ortho intramolecular Hbond substituents is 1. The molecule has 1 amide bonds. The summed E-state index contributed by atoms with van der Waals surface area (Å²) < 4.78 is 19.0. The number of methoxy groups -OCH3 is 1. The standard InChI is InChI=1S/C22H23FN2O5/c1-24(2)9-10-25-19(13-5-4-6-14(23)11-13)18(21(28)22(25)29)20(27)16-8-7-15(30-3)12-17(16)26/h4-8,11-12,19,26-27H,9-10H2,1-3H3/t19-/m1/s1. The van der Waals surface area contributed by atoms with Crippen molar-refractivity contribution in [3.05, 3.63) is 65.0 Å². The van der Waals surface area contributed by atoms with Crippen molar-refractivity contribution >= 4 is 17.4 Å². The lowest BCUT2D eigenvalue weighted by Gasteiger charge is -2.26. The summed E-state index contributed by atoms with van der Waals surface area (Å²) in [5, 5.41) is 21.2. The first-order valence-corrected chi connectivity index (χ1v) is 9.30. The van der Waals surface area contributed by atoms with Crippen molar-refractivity contribution in [2.24, 2.45) is 0 Å². The van der Waals surface area contributed by atoms with E-state index in [2.05, 4.69) is 0 Å². The van der Waals surface area contributed by atoms with Crippen molar-refractivity contribution in [3.8, 4) is 11.5 Å². The van der Waals surface area contributed by atoms with Gasteiger partial charge in [-0.15, -0.1) is 0 Å². The van der Waals surface area contributed by atoms with Crippen LogP contribution in [-0.4, -0.2) is 66.0 Å². The predicted molar refractivity (Wildman–Crippen MR) is 109 cm³/mol. The molecule has 0 aromatic heterocycles. The number of likely N-dealkylation sites (N-methyl/N-ethyl adjacent to an activating group) is 1. The third-order valence-electron chi connectivity index (χ3n) is 4.95. The molecule has 1 fully saturated rings. The molecular weight excluding hydrogens is 391 g/mol. The van der Waals surface area contributed by atoms with Crippen molar-refractivity contribution in [1.29, 1.82) is 0 Å². The van der Waals surface area contributed by atoms with Gasteiger partial charge in [0.05, 0.1) is 24.3 Å². The topological polar surface area (TPSA) is 90.3 Å². The van der Waals surface area contributed by atoms with Gasteiger partial charge in [0, 0.05) is 19.2 Å². The molecule has 158 valence electrons. The Hall–Kier alpha value is -3.39. The number of ketones is 1. The van der Waals surface area contributed by atoms with E-state index in [9.17, 15) is 24.2 Å². The van der Waals surface area contributed by atoms with Crippen LogP contribution < -0.4 is 4.74 Å². The van der Waals surface area contributed by atoms with Gasteiger partial charge in [-0.25, -0.2) is 4.39 Å². The minimum absolute atomic E-state index is 0.0252. The second kappa shape index (κ2) is 8.54. The smallest absolute Gasteiger partial charge is 0.295 e. The van der Waals surface area contributed by atoms with Gasteiger partial charge >= 0.3 is 0 Å². The van der Waals surface area contributed by atoms with Crippen molar-refractivity contribution in [2.75, 3.05) is 34.3 Å². The molecule has 30 heavy (non-hydrogen) atoms. The summed E-state index contributed by atoms with van der Waals surface area (Å²) in [7, 11) is 5.07. The Labute approximate surface area is 173 Å². The van der Waals surface area contributed by atoms with Crippen LogP contribution in [0.15, 0.2) is 48.0 Å². The van der Waals surface area contributed by atoms with E-state index in [1.807, 2.05) is 19.0 Å². The first kappa shape index (κ1) is 21.3. The Balaban J connectivity index is 2.17. The average molecular weight is 414 g/mol. The maximum Gasteiger partial charge on any atom is 0.295 e. The van der Waals surface area contributed by atoms with Crippen LogP contribution >= 0.6 is 0 Å². The van der Waals surface area contributed by atoms with Gasteiger partial charge in [-0.05, 0) is 43.9 Å². The number of aromatic hydroxyl groups is 1. The highest BCUT2D eigenvalue weighted by atomic mass is 19.1. The summed E-state index contributed by atoms with van der Waals surface area (Å²) in [5.41, 5.74) is 0.121. The molecule has 2 N–H and O–H groups in total. The maximum atomic E-state index is 13.9. The molecule has 1 saturated heterocycles. The second-order valence-corrected chi connectivity index (χ2v) is 7.23. The van der Waals surface area contributed by atoms with E-state index in [-0.39, 0.29) is 23.4 Å². The Morgan fingerprint density at radius 1 is 1.20 bits per heavy atom. The van der Waals surface area contributed by atoms with Crippen LogP contribution in [0.5, 0.6) is 11.5 Å². The molecule has 0 aliphatic carbocycles. The van der Waals surface area contributed by atoms with Crippen LogP contribution in [-0.2, 0) is 9.59 Å². The Kier molecular flexibility index (Phi) is 6.07. The number of Topliss-reactive ketones (excluding diaryl/α,β-unsaturated/α-hetero) is 1. The number of phenols is 1. The zero-order valence-electron chi connectivity index (χ0n) is 16.9. The lowest BCUT2D eigenvalue weighted by Crippen LogP contribution is -2.35. The number of halogens is 1. The van der Waals surface area contributed by atoms with Crippen molar-refractivity contribution in [3.63, 3.8) is 0 Å². The van der Waals surface area contributed by atoms with E-state index in [0.29, 0.717) is 17.9 Å².